The molecule has 0 spiro atoms. The van der Waals surface area contributed by atoms with E-state index in [2.05, 4.69) is 37.0 Å². The van der Waals surface area contributed by atoms with Crippen LogP contribution in [0.15, 0.2) is 29.1 Å². The van der Waals surface area contributed by atoms with E-state index in [1.165, 1.54) is 5.56 Å². The molecule has 1 saturated heterocycles. The van der Waals surface area contributed by atoms with Gasteiger partial charge in [0.25, 0.3) is 11.5 Å². The van der Waals surface area contributed by atoms with E-state index in [1.54, 1.807) is 11.8 Å². The summed E-state index contributed by atoms with van der Waals surface area (Å²) in [6.07, 6.45) is -0.164. The predicted molar refractivity (Wildman–Crippen MR) is 97.0 cm³/mol. The van der Waals surface area contributed by atoms with Gasteiger partial charge in [-0.2, -0.15) is 0 Å². The second-order valence-electron chi connectivity index (χ2n) is 6.81. The molecule has 1 aromatic carbocycles. The third-order valence-electron chi connectivity index (χ3n) is 4.70. The number of amides is 1. The lowest BCUT2D eigenvalue weighted by Gasteiger charge is -2.34. The van der Waals surface area contributed by atoms with Crippen molar-refractivity contribution < 1.29 is 9.53 Å². The van der Waals surface area contributed by atoms with Gasteiger partial charge in [-0.05, 0) is 50.5 Å². The first kappa shape index (κ1) is 17.4. The van der Waals surface area contributed by atoms with Crippen molar-refractivity contribution >= 4 is 5.91 Å². The SMILES string of the molecule is Cc1ccc(C2CN(C(=O)c3c(C)cc(C)[nH]c3=O)CCO2)c(C)c1. The average Bonchev–Trinajstić information content (AvgIpc) is 2.54. The number of aromatic nitrogens is 1. The molecule has 0 bridgehead atoms. The minimum absolute atomic E-state index is 0.164. The van der Waals surface area contributed by atoms with Crippen LogP contribution in [0, 0.1) is 27.7 Å². The molecule has 2 heterocycles. The Morgan fingerprint density at radius 1 is 1.16 bits per heavy atom. The van der Waals surface area contributed by atoms with Crippen LogP contribution >= 0.6 is 0 Å². The second kappa shape index (κ2) is 6.84. The Bertz CT molecular complexity index is 870. The number of benzene rings is 1. The molecule has 0 radical (unpaired) electrons. The van der Waals surface area contributed by atoms with Gasteiger partial charge in [0.15, 0.2) is 0 Å². The Hall–Kier alpha value is -2.40. The molecule has 1 atom stereocenters. The molecular weight excluding hydrogens is 316 g/mol. The van der Waals surface area contributed by atoms with Gasteiger partial charge in [0.05, 0.1) is 13.2 Å². The standard InChI is InChI=1S/C20H24N2O3/c1-12-5-6-16(13(2)9-12)17-11-22(7-8-25-17)20(24)18-14(3)10-15(4)21-19(18)23/h5-6,9-10,17H,7-8,11H2,1-4H3,(H,21,23). The molecule has 1 unspecified atom stereocenters. The van der Waals surface area contributed by atoms with Crippen LogP contribution in [0.5, 0.6) is 0 Å². The number of aryl methyl sites for hydroxylation is 4. The third kappa shape index (κ3) is 3.51. The number of H-pyrrole nitrogens is 1. The van der Waals surface area contributed by atoms with E-state index < -0.39 is 0 Å². The molecule has 5 nitrogen and oxygen atoms in total. The molecule has 2 aromatic rings. The lowest BCUT2D eigenvalue weighted by molar-refractivity contribution is -0.0231. The Balaban J connectivity index is 1.86. The Morgan fingerprint density at radius 3 is 2.60 bits per heavy atom. The molecule has 1 amide bonds. The fraction of sp³-hybridized carbons (Fsp3) is 0.400. The Labute approximate surface area is 147 Å². The molecule has 1 aliphatic rings. The summed E-state index contributed by atoms with van der Waals surface area (Å²) in [5.74, 6) is -0.225. The van der Waals surface area contributed by atoms with E-state index in [4.69, 9.17) is 4.74 Å². The molecule has 1 N–H and O–H groups in total. The fourth-order valence-corrected chi connectivity index (χ4v) is 3.49. The number of rotatable bonds is 2. The molecule has 1 aromatic heterocycles. The summed E-state index contributed by atoms with van der Waals surface area (Å²) in [5.41, 5.74) is 4.83. The highest BCUT2D eigenvalue weighted by molar-refractivity contribution is 5.95. The number of hydrogen-bond acceptors (Lipinski definition) is 3. The van der Waals surface area contributed by atoms with Gasteiger partial charge in [-0.15, -0.1) is 0 Å². The number of carbonyl (C=O) groups is 1. The van der Waals surface area contributed by atoms with Crippen LogP contribution in [-0.4, -0.2) is 35.5 Å². The van der Waals surface area contributed by atoms with Crippen molar-refractivity contribution in [1.29, 1.82) is 0 Å². The minimum atomic E-state index is -0.322. The van der Waals surface area contributed by atoms with E-state index in [1.807, 2.05) is 13.0 Å². The number of morpholine rings is 1. The van der Waals surface area contributed by atoms with Crippen LogP contribution in [0.2, 0.25) is 0 Å². The number of aromatic amines is 1. The average molecular weight is 340 g/mol. The maximum atomic E-state index is 12.9. The zero-order chi connectivity index (χ0) is 18.1. The first-order valence-corrected chi connectivity index (χ1v) is 8.55. The molecule has 1 fully saturated rings. The summed E-state index contributed by atoms with van der Waals surface area (Å²) in [4.78, 5) is 29.6. The molecular formula is C20H24N2O3. The molecule has 1 aliphatic heterocycles. The number of hydrogen-bond donors (Lipinski definition) is 1. The Kier molecular flexibility index (Phi) is 4.77. The lowest BCUT2D eigenvalue weighted by atomic mass is 9.99. The Morgan fingerprint density at radius 2 is 1.92 bits per heavy atom. The highest BCUT2D eigenvalue weighted by Crippen LogP contribution is 2.26. The summed E-state index contributed by atoms with van der Waals surface area (Å²) in [6, 6.07) is 8.07. The van der Waals surface area contributed by atoms with E-state index in [-0.39, 0.29) is 23.1 Å². The second-order valence-corrected chi connectivity index (χ2v) is 6.81. The normalized spacial score (nSPS) is 17.6. The first-order chi connectivity index (χ1) is 11.9. The zero-order valence-electron chi connectivity index (χ0n) is 15.2. The fourth-order valence-electron chi connectivity index (χ4n) is 3.49. The summed E-state index contributed by atoms with van der Waals surface area (Å²) >= 11 is 0. The lowest BCUT2D eigenvalue weighted by Crippen LogP contribution is -2.44. The van der Waals surface area contributed by atoms with Gasteiger partial charge in [-0.25, -0.2) is 0 Å². The molecule has 5 heteroatoms. The highest BCUT2D eigenvalue weighted by atomic mass is 16.5. The summed E-state index contributed by atoms with van der Waals surface area (Å²) in [5, 5.41) is 0. The quantitative estimate of drug-likeness (QED) is 0.914. The molecule has 132 valence electrons. The van der Waals surface area contributed by atoms with E-state index in [0.29, 0.717) is 25.3 Å². The van der Waals surface area contributed by atoms with Crippen LogP contribution in [-0.2, 0) is 4.74 Å². The minimum Gasteiger partial charge on any atom is -0.370 e. The molecule has 0 aliphatic carbocycles. The maximum Gasteiger partial charge on any atom is 0.261 e. The van der Waals surface area contributed by atoms with Gasteiger partial charge in [0.2, 0.25) is 0 Å². The van der Waals surface area contributed by atoms with Crippen LogP contribution in [0.4, 0.5) is 0 Å². The van der Waals surface area contributed by atoms with E-state index >= 15 is 0 Å². The smallest absolute Gasteiger partial charge is 0.261 e. The number of nitrogens with zero attached hydrogens (tertiary/aromatic N) is 1. The van der Waals surface area contributed by atoms with E-state index in [9.17, 15) is 9.59 Å². The van der Waals surface area contributed by atoms with E-state index in [0.717, 1.165) is 16.8 Å². The van der Waals surface area contributed by atoms with Gasteiger partial charge in [-0.3, -0.25) is 9.59 Å². The summed E-state index contributed by atoms with van der Waals surface area (Å²) in [6.45, 7) is 9.14. The maximum absolute atomic E-state index is 12.9. The van der Waals surface area contributed by atoms with Crippen LogP contribution in [0.3, 0.4) is 0 Å². The summed E-state index contributed by atoms with van der Waals surface area (Å²) < 4.78 is 5.90. The van der Waals surface area contributed by atoms with Gasteiger partial charge < -0.3 is 14.6 Å². The first-order valence-electron chi connectivity index (χ1n) is 8.55. The zero-order valence-corrected chi connectivity index (χ0v) is 15.2. The van der Waals surface area contributed by atoms with Gasteiger partial charge in [0, 0.05) is 12.2 Å². The molecule has 0 saturated carbocycles. The van der Waals surface area contributed by atoms with Gasteiger partial charge in [0.1, 0.15) is 11.7 Å². The van der Waals surface area contributed by atoms with Crippen molar-refractivity contribution in [3.63, 3.8) is 0 Å². The summed E-state index contributed by atoms with van der Waals surface area (Å²) in [7, 11) is 0. The number of ether oxygens (including phenoxy) is 1. The number of pyridine rings is 1. The number of carbonyl (C=O) groups excluding carboxylic acids is 1. The van der Waals surface area contributed by atoms with Crippen LogP contribution in [0.25, 0.3) is 0 Å². The third-order valence-corrected chi connectivity index (χ3v) is 4.70. The molecule has 3 rings (SSSR count). The van der Waals surface area contributed by atoms with Crippen molar-refractivity contribution in [2.24, 2.45) is 0 Å². The largest absolute Gasteiger partial charge is 0.370 e. The van der Waals surface area contributed by atoms with Crippen molar-refractivity contribution in [3.8, 4) is 0 Å². The van der Waals surface area contributed by atoms with Gasteiger partial charge >= 0.3 is 0 Å². The highest BCUT2D eigenvalue weighted by Gasteiger charge is 2.29. The van der Waals surface area contributed by atoms with Crippen molar-refractivity contribution in [3.05, 3.63) is 68.1 Å². The van der Waals surface area contributed by atoms with Crippen molar-refractivity contribution in [2.75, 3.05) is 19.7 Å². The number of nitrogens with one attached hydrogen (secondary N) is 1. The van der Waals surface area contributed by atoms with Crippen LogP contribution < -0.4 is 5.56 Å². The molecule has 25 heavy (non-hydrogen) atoms. The van der Waals surface area contributed by atoms with Crippen molar-refractivity contribution in [1.82, 2.24) is 9.88 Å². The monoisotopic (exact) mass is 340 g/mol. The van der Waals surface area contributed by atoms with Crippen LogP contribution in [0.1, 0.15) is 44.4 Å². The topological polar surface area (TPSA) is 62.4 Å². The van der Waals surface area contributed by atoms with Gasteiger partial charge in [-0.1, -0.05) is 23.8 Å². The van der Waals surface area contributed by atoms with Crippen molar-refractivity contribution in [2.45, 2.75) is 33.8 Å². The predicted octanol–water partition coefficient (Wildman–Crippen LogP) is 2.82.